The van der Waals surface area contributed by atoms with Crippen LogP contribution in [0, 0.1) is 0 Å². The van der Waals surface area contributed by atoms with Gasteiger partial charge in [0.2, 0.25) is 11.8 Å². The highest BCUT2D eigenvalue weighted by molar-refractivity contribution is 7.10. The first kappa shape index (κ1) is 16.5. The molecule has 6 nitrogen and oxygen atoms in total. The van der Waals surface area contributed by atoms with Crippen LogP contribution >= 0.6 is 11.3 Å². The van der Waals surface area contributed by atoms with E-state index in [1.807, 2.05) is 57.4 Å². The van der Waals surface area contributed by atoms with Crippen LogP contribution in [0.2, 0.25) is 0 Å². The molecule has 0 aromatic carbocycles. The second-order valence-corrected chi connectivity index (χ2v) is 6.95. The number of hydrogen-bond acceptors (Lipinski definition) is 5. The zero-order valence-electron chi connectivity index (χ0n) is 14.1. The van der Waals surface area contributed by atoms with Crippen molar-refractivity contribution >= 4 is 23.3 Å². The van der Waals surface area contributed by atoms with Crippen molar-refractivity contribution in [2.24, 2.45) is 0 Å². The Kier molecular flexibility index (Phi) is 4.79. The molecular formula is C19H18N4O2S. The number of ether oxygens (including phenoxy) is 1. The van der Waals surface area contributed by atoms with Gasteiger partial charge in [0, 0.05) is 36.0 Å². The van der Waals surface area contributed by atoms with E-state index in [4.69, 9.17) is 4.74 Å². The van der Waals surface area contributed by atoms with Gasteiger partial charge in [0.05, 0.1) is 12.2 Å². The molecule has 26 heavy (non-hydrogen) atoms. The number of carbonyl (C=O) groups excluding carboxylic acids is 1. The van der Waals surface area contributed by atoms with Crippen molar-refractivity contribution in [2.45, 2.75) is 12.6 Å². The predicted molar refractivity (Wildman–Crippen MR) is 99.8 cm³/mol. The predicted octanol–water partition coefficient (Wildman–Crippen LogP) is 3.02. The average Bonchev–Trinajstić information content (AvgIpc) is 3.36. The summed E-state index contributed by atoms with van der Waals surface area (Å²) in [5.41, 5.74) is 1.00. The van der Waals surface area contributed by atoms with E-state index in [1.54, 1.807) is 29.8 Å². The molecule has 0 saturated carbocycles. The lowest BCUT2D eigenvalue weighted by atomic mass is 10.2. The molecule has 3 aromatic rings. The molecule has 0 fully saturated rings. The molecule has 4 rings (SSSR count). The molecule has 0 radical (unpaired) electrons. The topological polar surface area (TPSA) is 60.2 Å². The Morgan fingerprint density at radius 3 is 3.04 bits per heavy atom. The number of aromatic nitrogens is 3. The van der Waals surface area contributed by atoms with Gasteiger partial charge in [0.15, 0.2) is 0 Å². The first-order valence-electron chi connectivity index (χ1n) is 8.36. The van der Waals surface area contributed by atoms with Crippen LogP contribution in [0.15, 0.2) is 60.2 Å². The summed E-state index contributed by atoms with van der Waals surface area (Å²) < 4.78 is 7.73. The van der Waals surface area contributed by atoms with Gasteiger partial charge in [-0.15, -0.1) is 11.3 Å². The minimum Gasteiger partial charge on any atom is -0.475 e. The van der Waals surface area contributed by atoms with Crippen molar-refractivity contribution < 1.29 is 9.53 Å². The maximum absolute atomic E-state index is 12.6. The highest BCUT2D eigenvalue weighted by atomic mass is 32.1. The lowest BCUT2D eigenvalue weighted by molar-refractivity contribution is -0.128. The lowest BCUT2D eigenvalue weighted by Gasteiger charge is -2.33. The molecule has 1 atom stereocenters. The van der Waals surface area contributed by atoms with Crippen LogP contribution in [-0.4, -0.2) is 38.7 Å². The van der Waals surface area contributed by atoms with Crippen molar-refractivity contribution in [3.8, 4) is 5.88 Å². The second kappa shape index (κ2) is 7.53. The monoisotopic (exact) mass is 366 g/mol. The summed E-state index contributed by atoms with van der Waals surface area (Å²) in [6, 6.07) is 11.4. The van der Waals surface area contributed by atoms with E-state index in [2.05, 4.69) is 10.1 Å². The number of nitrogens with zero attached hydrogens (tertiary/aromatic N) is 4. The van der Waals surface area contributed by atoms with E-state index in [-0.39, 0.29) is 11.9 Å². The highest BCUT2D eigenvalue weighted by Gasteiger charge is 2.28. The van der Waals surface area contributed by atoms with Gasteiger partial charge in [-0.1, -0.05) is 12.1 Å². The van der Waals surface area contributed by atoms with E-state index in [0.717, 1.165) is 10.6 Å². The number of hydrogen-bond donors (Lipinski definition) is 0. The first-order chi connectivity index (χ1) is 12.8. The van der Waals surface area contributed by atoms with Crippen molar-refractivity contribution in [3.63, 3.8) is 0 Å². The molecule has 0 aliphatic carbocycles. The molecule has 132 valence electrons. The molecule has 0 saturated heterocycles. The van der Waals surface area contributed by atoms with Crippen molar-refractivity contribution in [1.82, 2.24) is 19.7 Å². The Morgan fingerprint density at radius 1 is 1.27 bits per heavy atom. The van der Waals surface area contributed by atoms with Gasteiger partial charge in [-0.25, -0.2) is 4.98 Å². The summed E-state index contributed by atoms with van der Waals surface area (Å²) in [4.78, 5) is 19.7. The molecule has 0 bridgehead atoms. The minimum absolute atomic E-state index is 0.00585. The smallest absolute Gasteiger partial charge is 0.247 e. The van der Waals surface area contributed by atoms with Gasteiger partial charge < -0.3 is 9.64 Å². The third kappa shape index (κ3) is 3.67. The summed E-state index contributed by atoms with van der Waals surface area (Å²) in [5, 5.41) is 6.39. The van der Waals surface area contributed by atoms with Gasteiger partial charge in [-0.3, -0.25) is 9.48 Å². The Morgan fingerprint density at radius 2 is 2.23 bits per heavy atom. The number of carbonyl (C=O) groups is 1. The van der Waals surface area contributed by atoms with Crippen LogP contribution in [0.3, 0.4) is 0 Å². The summed E-state index contributed by atoms with van der Waals surface area (Å²) in [6.07, 6.45) is 6.95. The largest absolute Gasteiger partial charge is 0.475 e. The second-order valence-electron chi connectivity index (χ2n) is 5.97. The Balaban J connectivity index is 1.46. The van der Waals surface area contributed by atoms with E-state index < -0.39 is 0 Å². The molecule has 1 unspecified atom stereocenters. The summed E-state index contributed by atoms with van der Waals surface area (Å²) >= 11 is 1.61. The number of thiophene rings is 1. The summed E-state index contributed by atoms with van der Waals surface area (Å²) in [7, 11) is 0. The number of rotatable bonds is 5. The fraction of sp³-hybridized carbons (Fsp3) is 0.211. The van der Waals surface area contributed by atoms with Crippen LogP contribution in [0.5, 0.6) is 5.88 Å². The molecule has 4 heterocycles. The van der Waals surface area contributed by atoms with Gasteiger partial charge in [-0.05, 0) is 29.7 Å². The molecule has 0 spiro atoms. The number of fused-ring (bicyclic) bond motifs is 1. The maximum Gasteiger partial charge on any atom is 0.247 e. The van der Waals surface area contributed by atoms with E-state index in [1.165, 1.54) is 0 Å². The standard InChI is InChI=1S/C19H18N4O2S/c24-19(7-6-17-4-3-11-26-17)22-12-15-8-10-21-23(15)16(13-22)14-25-18-5-1-2-9-20-18/h1-11,16H,12-14H2/b7-6+. The van der Waals surface area contributed by atoms with Gasteiger partial charge >= 0.3 is 0 Å². The van der Waals surface area contributed by atoms with Crippen LogP contribution in [0.1, 0.15) is 16.6 Å². The van der Waals surface area contributed by atoms with Crippen molar-refractivity contribution in [2.75, 3.05) is 13.2 Å². The van der Waals surface area contributed by atoms with Crippen molar-refractivity contribution in [1.29, 1.82) is 0 Å². The van der Waals surface area contributed by atoms with E-state index in [9.17, 15) is 4.79 Å². The molecule has 1 amide bonds. The molecule has 1 aliphatic heterocycles. The highest BCUT2D eigenvalue weighted by Crippen LogP contribution is 2.22. The summed E-state index contributed by atoms with van der Waals surface area (Å²) in [5.74, 6) is 0.566. The molecule has 0 N–H and O–H groups in total. The Bertz CT molecular complexity index is 889. The van der Waals surface area contributed by atoms with Gasteiger partial charge in [0.1, 0.15) is 12.6 Å². The SMILES string of the molecule is O=C(/C=C/c1cccs1)N1Cc2ccnn2C(COc2ccccn2)C1. The average molecular weight is 366 g/mol. The van der Waals surface area contributed by atoms with Crippen LogP contribution < -0.4 is 4.74 Å². The van der Waals surface area contributed by atoms with Gasteiger partial charge in [0.25, 0.3) is 0 Å². The van der Waals surface area contributed by atoms with Crippen molar-refractivity contribution in [3.05, 3.63) is 70.8 Å². The minimum atomic E-state index is -0.0464. The molecule has 7 heteroatoms. The van der Waals surface area contributed by atoms with Gasteiger partial charge in [-0.2, -0.15) is 5.10 Å². The number of amides is 1. The molecule has 3 aromatic heterocycles. The third-order valence-corrected chi connectivity index (χ3v) is 5.03. The van der Waals surface area contributed by atoms with E-state index >= 15 is 0 Å². The lowest BCUT2D eigenvalue weighted by Crippen LogP contribution is -2.42. The third-order valence-electron chi connectivity index (χ3n) is 4.19. The Hall–Kier alpha value is -2.93. The Labute approximate surface area is 155 Å². The maximum atomic E-state index is 12.6. The normalized spacial score (nSPS) is 16.6. The fourth-order valence-corrected chi connectivity index (χ4v) is 3.56. The van der Waals surface area contributed by atoms with E-state index in [0.29, 0.717) is 25.6 Å². The molecule has 1 aliphatic rings. The zero-order valence-corrected chi connectivity index (χ0v) is 14.9. The fourth-order valence-electron chi connectivity index (χ4n) is 2.94. The first-order valence-corrected chi connectivity index (χ1v) is 9.24. The van der Waals surface area contributed by atoms with Crippen LogP contribution in [-0.2, 0) is 11.3 Å². The zero-order chi connectivity index (χ0) is 17.8. The number of pyridine rings is 1. The quantitative estimate of drug-likeness (QED) is 0.651. The molecular weight excluding hydrogens is 348 g/mol. The van der Waals surface area contributed by atoms with Crippen LogP contribution in [0.4, 0.5) is 0 Å². The van der Waals surface area contributed by atoms with Crippen LogP contribution in [0.25, 0.3) is 6.08 Å². The summed E-state index contributed by atoms with van der Waals surface area (Å²) in [6.45, 7) is 1.51.